The molecule has 4 rings (SSSR count). The van der Waals surface area contributed by atoms with Gasteiger partial charge in [0.2, 0.25) is 10.0 Å². The van der Waals surface area contributed by atoms with E-state index in [9.17, 15) is 13.2 Å². The number of hydrogen-bond acceptors (Lipinski definition) is 4. The second kappa shape index (κ2) is 8.37. The molecule has 7 nitrogen and oxygen atoms in total. The van der Waals surface area contributed by atoms with E-state index in [0.29, 0.717) is 18.8 Å². The highest BCUT2D eigenvalue weighted by Crippen LogP contribution is 2.28. The number of fused-ring (bicyclic) bond motifs is 1. The van der Waals surface area contributed by atoms with Gasteiger partial charge in [0, 0.05) is 30.5 Å². The number of aryl methyl sites for hydroxylation is 1. The molecule has 0 radical (unpaired) electrons. The van der Waals surface area contributed by atoms with Crippen LogP contribution in [-0.2, 0) is 16.6 Å². The van der Waals surface area contributed by atoms with Crippen molar-refractivity contribution in [2.24, 2.45) is 0 Å². The molecule has 2 aromatic heterocycles. The summed E-state index contributed by atoms with van der Waals surface area (Å²) < 4.78 is 29.4. The van der Waals surface area contributed by atoms with Crippen molar-refractivity contribution < 1.29 is 13.2 Å². The van der Waals surface area contributed by atoms with Gasteiger partial charge in [-0.1, -0.05) is 24.1 Å². The Labute approximate surface area is 180 Å². The monoisotopic (exact) mass is 446 g/mol. The number of amides is 1. The zero-order valence-corrected chi connectivity index (χ0v) is 18.2. The number of rotatable bonds is 5. The van der Waals surface area contributed by atoms with Gasteiger partial charge in [0.25, 0.3) is 5.91 Å². The first-order valence-electron chi connectivity index (χ1n) is 9.88. The van der Waals surface area contributed by atoms with Crippen LogP contribution in [-0.4, -0.2) is 41.1 Å². The van der Waals surface area contributed by atoms with Gasteiger partial charge in [-0.05, 0) is 50.1 Å². The van der Waals surface area contributed by atoms with Crippen LogP contribution in [0.2, 0.25) is 5.02 Å². The molecule has 1 saturated heterocycles. The lowest BCUT2D eigenvalue weighted by atomic mass is 10.2. The van der Waals surface area contributed by atoms with Gasteiger partial charge in [-0.25, -0.2) is 13.4 Å². The van der Waals surface area contributed by atoms with Crippen LogP contribution < -0.4 is 5.32 Å². The Hall–Kier alpha value is -2.42. The smallest absolute Gasteiger partial charge is 0.251 e. The predicted molar refractivity (Wildman–Crippen MR) is 115 cm³/mol. The normalized spacial score (nSPS) is 15.4. The van der Waals surface area contributed by atoms with Crippen LogP contribution in [0.3, 0.4) is 0 Å². The van der Waals surface area contributed by atoms with Crippen LogP contribution in [0.1, 0.15) is 41.0 Å². The predicted octanol–water partition coefficient (Wildman–Crippen LogP) is 3.40. The zero-order chi connectivity index (χ0) is 21.3. The quantitative estimate of drug-likeness (QED) is 0.651. The Morgan fingerprint density at radius 3 is 2.67 bits per heavy atom. The highest BCUT2D eigenvalue weighted by Gasteiger charge is 2.28. The van der Waals surface area contributed by atoms with Crippen LogP contribution >= 0.6 is 11.6 Å². The van der Waals surface area contributed by atoms with Gasteiger partial charge in [0.05, 0.1) is 17.3 Å². The maximum Gasteiger partial charge on any atom is 0.251 e. The molecular formula is C21H23ClN4O3S. The number of benzene rings is 1. The minimum atomic E-state index is -3.73. The molecule has 0 spiro atoms. The fourth-order valence-corrected chi connectivity index (χ4v) is 5.66. The molecule has 1 N–H and O–H groups in total. The first-order valence-corrected chi connectivity index (χ1v) is 11.7. The number of halogens is 1. The fourth-order valence-electron chi connectivity index (χ4n) is 3.64. The molecule has 30 heavy (non-hydrogen) atoms. The molecule has 9 heteroatoms. The number of carbonyl (C=O) groups is 1. The van der Waals surface area contributed by atoms with E-state index in [1.807, 2.05) is 35.7 Å². The van der Waals surface area contributed by atoms with E-state index >= 15 is 0 Å². The highest BCUT2D eigenvalue weighted by atomic mass is 35.5. The Bertz CT molecular complexity index is 1200. The van der Waals surface area contributed by atoms with Gasteiger partial charge in [-0.3, -0.25) is 4.79 Å². The molecule has 0 bridgehead atoms. The van der Waals surface area contributed by atoms with Crippen LogP contribution in [0.25, 0.3) is 5.65 Å². The van der Waals surface area contributed by atoms with E-state index < -0.39 is 10.0 Å². The SMILES string of the molecule is Cc1cccc2nc(CNC(=O)c3ccc(Cl)c(S(=O)(=O)N4CCCCC4)c3)cn12. The molecular weight excluding hydrogens is 424 g/mol. The third kappa shape index (κ3) is 4.08. The lowest BCUT2D eigenvalue weighted by Gasteiger charge is -2.26. The summed E-state index contributed by atoms with van der Waals surface area (Å²) in [4.78, 5) is 17.1. The molecule has 1 aliphatic rings. The summed E-state index contributed by atoms with van der Waals surface area (Å²) in [5, 5.41) is 2.93. The van der Waals surface area contributed by atoms with Gasteiger partial charge < -0.3 is 9.72 Å². The van der Waals surface area contributed by atoms with Crippen molar-refractivity contribution in [3.8, 4) is 0 Å². The molecule has 1 aliphatic heterocycles. The number of imidazole rings is 1. The highest BCUT2D eigenvalue weighted by molar-refractivity contribution is 7.89. The van der Waals surface area contributed by atoms with Crippen molar-refractivity contribution in [3.05, 3.63) is 64.6 Å². The van der Waals surface area contributed by atoms with Crippen molar-refractivity contribution >= 4 is 33.2 Å². The zero-order valence-electron chi connectivity index (χ0n) is 16.6. The van der Waals surface area contributed by atoms with Crippen molar-refractivity contribution in [3.63, 3.8) is 0 Å². The Morgan fingerprint density at radius 2 is 1.93 bits per heavy atom. The molecule has 0 unspecified atom stereocenters. The second-order valence-corrected chi connectivity index (χ2v) is 9.73. The third-order valence-electron chi connectivity index (χ3n) is 5.30. The van der Waals surface area contributed by atoms with Gasteiger partial charge in [-0.15, -0.1) is 0 Å². The minimum absolute atomic E-state index is 0.0259. The maximum atomic E-state index is 13.0. The number of aromatic nitrogens is 2. The molecule has 3 aromatic rings. The molecule has 1 aromatic carbocycles. The first kappa shape index (κ1) is 20.8. The second-order valence-electron chi connectivity index (χ2n) is 7.42. The molecule has 3 heterocycles. The summed E-state index contributed by atoms with van der Waals surface area (Å²) in [5.74, 6) is -0.379. The Kier molecular flexibility index (Phi) is 5.81. The average Bonchev–Trinajstić information content (AvgIpc) is 3.17. The maximum absolute atomic E-state index is 13.0. The number of hydrogen-bond donors (Lipinski definition) is 1. The summed E-state index contributed by atoms with van der Waals surface area (Å²) in [6, 6.07) is 10.2. The summed E-state index contributed by atoms with van der Waals surface area (Å²) in [6.07, 6.45) is 4.55. The van der Waals surface area contributed by atoms with Crippen LogP contribution in [0.5, 0.6) is 0 Å². The number of piperidine rings is 1. The van der Waals surface area contributed by atoms with Gasteiger partial charge in [-0.2, -0.15) is 4.31 Å². The van der Waals surface area contributed by atoms with Crippen molar-refractivity contribution in [2.75, 3.05) is 13.1 Å². The van der Waals surface area contributed by atoms with E-state index in [0.717, 1.165) is 30.6 Å². The van der Waals surface area contributed by atoms with Crippen molar-refractivity contribution in [1.82, 2.24) is 19.0 Å². The minimum Gasteiger partial charge on any atom is -0.346 e. The summed E-state index contributed by atoms with van der Waals surface area (Å²) in [5.41, 5.74) is 2.81. The fraction of sp³-hybridized carbons (Fsp3) is 0.333. The largest absolute Gasteiger partial charge is 0.346 e. The van der Waals surface area contributed by atoms with Crippen molar-refractivity contribution in [1.29, 1.82) is 0 Å². The molecule has 0 saturated carbocycles. The summed E-state index contributed by atoms with van der Waals surface area (Å²) in [6.45, 7) is 3.16. The van der Waals surface area contributed by atoms with Crippen LogP contribution in [0.15, 0.2) is 47.5 Å². The standard InChI is InChI=1S/C21H23ClN4O3S/c1-15-6-5-7-20-24-17(14-26(15)20)13-23-21(27)16-8-9-18(22)19(12-16)30(28,29)25-10-3-2-4-11-25/h5-9,12,14H,2-4,10-11,13H2,1H3,(H,23,27). The number of pyridine rings is 1. The van der Waals surface area contributed by atoms with Crippen molar-refractivity contribution in [2.45, 2.75) is 37.6 Å². The Balaban J connectivity index is 1.52. The van der Waals surface area contributed by atoms with E-state index in [2.05, 4.69) is 10.3 Å². The van der Waals surface area contributed by atoms with E-state index in [1.165, 1.54) is 22.5 Å². The lowest BCUT2D eigenvalue weighted by molar-refractivity contribution is 0.0950. The number of nitrogens with one attached hydrogen (secondary N) is 1. The average molecular weight is 447 g/mol. The summed E-state index contributed by atoms with van der Waals surface area (Å²) >= 11 is 6.19. The Morgan fingerprint density at radius 1 is 1.17 bits per heavy atom. The van der Waals surface area contributed by atoms with Crippen LogP contribution in [0.4, 0.5) is 0 Å². The lowest BCUT2D eigenvalue weighted by Crippen LogP contribution is -2.36. The van der Waals surface area contributed by atoms with E-state index in [1.54, 1.807) is 0 Å². The number of sulfonamides is 1. The molecule has 1 amide bonds. The van der Waals surface area contributed by atoms with Gasteiger partial charge >= 0.3 is 0 Å². The van der Waals surface area contributed by atoms with E-state index in [-0.39, 0.29) is 27.9 Å². The third-order valence-corrected chi connectivity index (χ3v) is 7.68. The molecule has 0 aliphatic carbocycles. The first-order chi connectivity index (χ1) is 14.4. The molecule has 1 fully saturated rings. The van der Waals surface area contributed by atoms with Gasteiger partial charge in [0.15, 0.2) is 0 Å². The molecule has 0 atom stereocenters. The topological polar surface area (TPSA) is 83.8 Å². The van der Waals surface area contributed by atoms with Crippen LogP contribution in [0, 0.1) is 6.92 Å². The van der Waals surface area contributed by atoms with Gasteiger partial charge in [0.1, 0.15) is 10.5 Å². The van der Waals surface area contributed by atoms with E-state index in [4.69, 9.17) is 11.6 Å². The molecule has 158 valence electrons. The number of nitrogens with zero attached hydrogens (tertiary/aromatic N) is 3. The summed E-state index contributed by atoms with van der Waals surface area (Å²) in [7, 11) is -3.73. The number of carbonyl (C=O) groups excluding carboxylic acids is 1.